The third-order valence-corrected chi connectivity index (χ3v) is 3.78. The maximum Gasteiger partial charge on any atom is 0.353 e. The molecule has 0 unspecified atom stereocenters. The number of rotatable bonds is 7. The van der Waals surface area contributed by atoms with Gasteiger partial charge in [0.1, 0.15) is 11.9 Å². The lowest BCUT2D eigenvalue weighted by atomic mass is 10.1. The van der Waals surface area contributed by atoms with Gasteiger partial charge in [0, 0.05) is 5.88 Å². The second-order valence-corrected chi connectivity index (χ2v) is 8.93. The van der Waals surface area contributed by atoms with Crippen LogP contribution in [0.25, 0.3) is 5.65 Å². The highest BCUT2D eigenvalue weighted by Crippen LogP contribution is 2.12. The number of ether oxygens (including phenoxy) is 2. The van der Waals surface area contributed by atoms with Gasteiger partial charge in [0.15, 0.2) is 17.4 Å². The van der Waals surface area contributed by atoms with Gasteiger partial charge in [-0.05, 0) is 41.5 Å². The van der Waals surface area contributed by atoms with E-state index >= 15 is 0 Å². The summed E-state index contributed by atoms with van der Waals surface area (Å²) in [5, 5.41) is 10.2. The van der Waals surface area contributed by atoms with Crippen molar-refractivity contribution in [3.05, 3.63) is 22.5 Å². The SMILES string of the molecule is CC(C)(C)OC[C@H](NC(=O)c1ncn2c(=O)n(CCCl)nnc12)C(=O)OC(C)(C)C. The molecule has 0 aliphatic rings. The molecule has 0 saturated carbocycles. The molecule has 12 heteroatoms. The van der Waals surface area contributed by atoms with Gasteiger partial charge in [-0.15, -0.1) is 16.7 Å². The van der Waals surface area contributed by atoms with Gasteiger partial charge in [-0.3, -0.25) is 4.79 Å². The normalized spacial score (nSPS) is 13.3. The highest BCUT2D eigenvalue weighted by atomic mass is 35.5. The number of amides is 1. The fourth-order valence-electron chi connectivity index (χ4n) is 2.32. The number of aryl methyl sites for hydroxylation is 1. The molecule has 2 heterocycles. The summed E-state index contributed by atoms with van der Waals surface area (Å²) >= 11 is 5.64. The van der Waals surface area contributed by atoms with Crippen LogP contribution in [0.15, 0.2) is 11.1 Å². The number of halogens is 1. The van der Waals surface area contributed by atoms with Gasteiger partial charge in [-0.1, -0.05) is 5.21 Å². The predicted octanol–water partition coefficient (Wildman–Crippen LogP) is 0.780. The molecular weight excluding hydrogens is 416 g/mol. The highest BCUT2D eigenvalue weighted by molar-refractivity contribution is 6.17. The molecule has 0 aliphatic carbocycles. The van der Waals surface area contributed by atoms with Crippen LogP contribution in [-0.2, 0) is 20.8 Å². The quantitative estimate of drug-likeness (QED) is 0.491. The Hall–Kier alpha value is -2.53. The van der Waals surface area contributed by atoms with Crippen LogP contribution in [0.4, 0.5) is 0 Å². The number of hydrogen-bond acceptors (Lipinski definition) is 8. The average Bonchev–Trinajstić information content (AvgIpc) is 3.03. The van der Waals surface area contributed by atoms with Crippen LogP contribution in [0.2, 0.25) is 0 Å². The lowest BCUT2D eigenvalue weighted by molar-refractivity contribution is -0.160. The van der Waals surface area contributed by atoms with Crippen molar-refractivity contribution in [3.8, 4) is 0 Å². The summed E-state index contributed by atoms with van der Waals surface area (Å²) in [7, 11) is 0. The largest absolute Gasteiger partial charge is 0.458 e. The number of carbonyl (C=O) groups is 2. The molecule has 0 spiro atoms. The molecule has 0 saturated heterocycles. The van der Waals surface area contributed by atoms with Crippen molar-refractivity contribution in [2.24, 2.45) is 0 Å². The Bertz CT molecular complexity index is 972. The van der Waals surface area contributed by atoms with Crippen molar-refractivity contribution < 1.29 is 19.1 Å². The lowest BCUT2D eigenvalue weighted by Gasteiger charge is -2.27. The third-order valence-electron chi connectivity index (χ3n) is 3.61. The van der Waals surface area contributed by atoms with Crippen molar-refractivity contribution in [1.29, 1.82) is 0 Å². The molecule has 0 fully saturated rings. The fourth-order valence-corrected chi connectivity index (χ4v) is 2.48. The zero-order valence-electron chi connectivity index (χ0n) is 17.9. The van der Waals surface area contributed by atoms with Gasteiger partial charge in [-0.2, -0.15) is 4.68 Å². The molecule has 1 N–H and O–H groups in total. The molecule has 0 aromatic carbocycles. The highest BCUT2D eigenvalue weighted by Gasteiger charge is 2.30. The first-order chi connectivity index (χ1) is 13.8. The van der Waals surface area contributed by atoms with E-state index in [-0.39, 0.29) is 30.4 Å². The third kappa shape index (κ3) is 6.23. The zero-order valence-corrected chi connectivity index (χ0v) is 18.7. The van der Waals surface area contributed by atoms with Crippen molar-refractivity contribution in [1.82, 2.24) is 29.7 Å². The number of hydrogen-bond donors (Lipinski definition) is 1. The van der Waals surface area contributed by atoms with Crippen LogP contribution >= 0.6 is 11.6 Å². The molecule has 30 heavy (non-hydrogen) atoms. The van der Waals surface area contributed by atoms with E-state index in [1.807, 2.05) is 20.8 Å². The number of carbonyl (C=O) groups excluding carboxylic acids is 2. The molecule has 2 rings (SSSR count). The van der Waals surface area contributed by atoms with Crippen molar-refractivity contribution in [3.63, 3.8) is 0 Å². The Kier molecular flexibility index (Phi) is 7.19. The number of fused-ring (bicyclic) bond motifs is 1. The monoisotopic (exact) mass is 442 g/mol. The summed E-state index contributed by atoms with van der Waals surface area (Å²) in [6, 6.07) is -1.09. The Balaban J connectivity index is 2.28. The first-order valence-corrected chi connectivity index (χ1v) is 9.90. The van der Waals surface area contributed by atoms with Crippen LogP contribution in [0.1, 0.15) is 52.0 Å². The number of nitrogens with one attached hydrogen (secondary N) is 1. The number of aromatic nitrogens is 5. The molecule has 1 atom stereocenters. The van der Waals surface area contributed by atoms with Crippen LogP contribution in [0.3, 0.4) is 0 Å². The number of esters is 1. The van der Waals surface area contributed by atoms with Crippen molar-refractivity contribution in [2.75, 3.05) is 12.5 Å². The van der Waals surface area contributed by atoms with Gasteiger partial charge >= 0.3 is 11.7 Å². The summed E-state index contributed by atoms with van der Waals surface area (Å²) in [6.45, 7) is 10.7. The average molecular weight is 443 g/mol. The van der Waals surface area contributed by atoms with Crippen molar-refractivity contribution in [2.45, 2.75) is 65.3 Å². The van der Waals surface area contributed by atoms with E-state index in [4.69, 9.17) is 21.1 Å². The minimum absolute atomic E-state index is 0.0389. The van der Waals surface area contributed by atoms with Crippen LogP contribution < -0.4 is 11.0 Å². The summed E-state index contributed by atoms with van der Waals surface area (Å²) < 4.78 is 13.2. The molecule has 2 aromatic rings. The number of imidazole rings is 1. The summed E-state index contributed by atoms with van der Waals surface area (Å²) in [6.07, 6.45) is 1.17. The van der Waals surface area contributed by atoms with Crippen LogP contribution in [0.5, 0.6) is 0 Å². The molecule has 166 valence electrons. The molecule has 2 aromatic heterocycles. The van der Waals surface area contributed by atoms with E-state index in [1.165, 1.54) is 6.33 Å². The Morgan fingerprint density at radius 3 is 2.43 bits per heavy atom. The smallest absolute Gasteiger partial charge is 0.353 e. The van der Waals surface area contributed by atoms with E-state index in [2.05, 4.69) is 20.6 Å². The second kappa shape index (κ2) is 9.09. The van der Waals surface area contributed by atoms with E-state index in [0.717, 1.165) is 9.08 Å². The fraction of sp³-hybridized carbons (Fsp3) is 0.667. The standard InChI is InChI=1S/C18H27ClN6O5/c1-17(2,3)29-9-11(15(27)30-18(4,5)6)21-14(26)12-13-22-23-25(8-7-19)16(28)24(13)10-20-12/h10-11H,7-9H2,1-6H3,(H,21,26)/t11-/m0/s1. The van der Waals surface area contributed by atoms with Gasteiger partial charge in [0.2, 0.25) is 0 Å². The first-order valence-electron chi connectivity index (χ1n) is 9.37. The minimum Gasteiger partial charge on any atom is -0.458 e. The molecule has 11 nitrogen and oxygen atoms in total. The van der Waals surface area contributed by atoms with Crippen LogP contribution in [-0.4, -0.2) is 66.0 Å². The molecule has 0 aliphatic heterocycles. The number of alkyl halides is 1. The topological polar surface area (TPSA) is 130 Å². The Morgan fingerprint density at radius 2 is 1.87 bits per heavy atom. The second-order valence-electron chi connectivity index (χ2n) is 8.55. The molecule has 0 radical (unpaired) electrons. The Morgan fingerprint density at radius 1 is 1.20 bits per heavy atom. The maximum absolute atomic E-state index is 12.8. The molecule has 0 bridgehead atoms. The number of nitrogens with zero attached hydrogens (tertiary/aromatic N) is 5. The van der Waals surface area contributed by atoms with E-state index in [9.17, 15) is 14.4 Å². The first kappa shape index (κ1) is 23.7. The molecule has 1 amide bonds. The summed E-state index contributed by atoms with van der Waals surface area (Å²) in [4.78, 5) is 41.7. The van der Waals surface area contributed by atoms with Crippen molar-refractivity contribution >= 4 is 29.1 Å². The van der Waals surface area contributed by atoms with Gasteiger partial charge in [0.25, 0.3) is 5.91 Å². The van der Waals surface area contributed by atoms with Crippen LogP contribution in [0, 0.1) is 0 Å². The predicted molar refractivity (Wildman–Crippen MR) is 109 cm³/mol. The Labute approximate surface area is 178 Å². The maximum atomic E-state index is 12.8. The van der Waals surface area contributed by atoms with E-state index < -0.39 is 34.8 Å². The minimum atomic E-state index is -1.09. The lowest BCUT2D eigenvalue weighted by Crippen LogP contribution is -2.48. The van der Waals surface area contributed by atoms with E-state index in [1.54, 1.807) is 20.8 Å². The van der Waals surface area contributed by atoms with Gasteiger partial charge in [-0.25, -0.2) is 19.0 Å². The van der Waals surface area contributed by atoms with Gasteiger partial charge in [0.05, 0.1) is 18.8 Å². The summed E-state index contributed by atoms with van der Waals surface area (Å²) in [5.41, 5.74) is -2.01. The summed E-state index contributed by atoms with van der Waals surface area (Å²) in [5.74, 6) is -1.19. The van der Waals surface area contributed by atoms with Gasteiger partial charge < -0.3 is 14.8 Å². The zero-order chi connectivity index (χ0) is 22.7. The molecular formula is C18H27ClN6O5. The van der Waals surface area contributed by atoms with E-state index in [0.29, 0.717) is 0 Å².